The number of ketones is 1. The number of ether oxygens (including phenoxy) is 2. The molecule has 0 saturated heterocycles. The van der Waals surface area contributed by atoms with E-state index in [0.717, 1.165) is 11.3 Å². The number of hydrogen-bond acceptors (Lipinski definition) is 3. The lowest BCUT2D eigenvalue weighted by Crippen LogP contribution is -2.09. The van der Waals surface area contributed by atoms with Crippen LogP contribution in [0.15, 0.2) is 42.5 Å². The van der Waals surface area contributed by atoms with E-state index < -0.39 is 0 Å². The summed E-state index contributed by atoms with van der Waals surface area (Å²) in [4.78, 5) is 12.0. The van der Waals surface area contributed by atoms with E-state index in [1.165, 1.54) is 0 Å². The molecule has 2 aromatic rings. The topological polar surface area (TPSA) is 35.5 Å². The Morgan fingerprint density at radius 2 is 1.81 bits per heavy atom. The number of rotatable bonds is 6. The van der Waals surface area contributed by atoms with Crippen LogP contribution in [-0.4, -0.2) is 19.5 Å². The zero-order chi connectivity index (χ0) is 15.2. The molecule has 0 aromatic heterocycles. The number of Topliss-reactive ketones (excluding diaryl/α,β-unsaturated/α-hetero) is 1. The van der Waals surface area contributed by atoms with Crippen LogP contribution in [0, 0.1) is 0 Å². The fourth-order valence-corrected chi connectivity index (χ4v) is 2.29. The Morgan fingerprint density at radius 1 is 1.10 bits per heavy atom. The second-order valence-corrected chi connectivity index (χ2v) is 5.23. The van der Waals surface area contributed by atoms with E-state index in [9.17, 15) is 4.79 Å². The first-order chi connectivity index (χ1) is 10.1. The van der Waals surface area contributed by atoms with Crippen molar-refractivity contribution in [1.29, 1.82) is 0 Å². The molecule has 0 radical (unpaired) electrons. The van der Waals surface area contributed by atoms with Crippen LogP contribution >= 0.6 is 23.2 Å². The van der Waals surface area contributed by atoms with E-state index in [4.69, 9.17) is 32.7 Å². The van der Waals surface area contributed by atoms with E-state index in [-0.39, 0.29) is 12.4 Å². The third kappa shape index (κ3) is 4.46. The van der Waals surface area contributed by atoms with Crippen LogP contribution in [-0.2, 0) is 11.3 Å². The van der Waals surface area contributed by atoms with Crippen LogP contribution in [0.4, 0.5) is 0 Å². The van der Waals surface area contributed by atoms with Crippen LogP contribution in [0.25, 0.3) is 0 Å². The number of halogens is 2. The predicted octanol–water partition coefficient (Wildman–Crippen LogP) is 4.40. The highest BCUT2D eigenvalue weighted by molar-refractivity contribution is 6.36. The van der Waals surface area contributed by atoms with Gasteiger partial charge in [-0.05, 0) is 35.9 Å². The first-order valence-electron chi connectivity index (χ1n) is 6.29. The van der Waals surface area contributed by atoms with E-state index in [0.29, 0.717) is 22.2 Å². The van der Waals surface area contributed by atoms with Gasteiger partial charge in [0.1, 0.15) is 12.4 Å². The molecule has 0 aliphatic heterocycles. The summed E-state index contributed by atoms with van der Waals surface area (Å²) in [5.74, 6) is 0.605. The van der Waals surface area contributed by atoms with Gasteiger partial charge in [0.05, 0.1) is 18.7 Å². The van der Waals surface area contributed by atoms with Crippen molar-refractivity contribution in [3.05, 3.63) is 63.6 Å². The molecule has 0 heterocycles. The molecule has 0 aliphatic rings. The summed E-state index contributed by atoms with van der Waals surface area (Å²) in [6, 6.07) is 12.2. The minimum atomic E-state index is -0.176. The molecule has 5 heteroatoms. The quantitative estimate of drug-likeness (QED) is 0.739. The first kappa shape index (κ1) is 15.8. The van der Waals surface area contributed by atoms with Crippen molar-refractivity contribution in [2.75, 3.05) is 13.7 Å². The van der Waals surface area contributed by atoms with E-state index in [1.54, 1.807) is 25.3 Å². The predicted molar refractivity (Wildman–Crippen MR) is 83.4 cm³/mol. The van der Waals surface area contributed by atoms with Crippen molar-refractivity contribution < 1.29 is 14.3 Å². The van der Waals surface area contributed by atoms with Gasteiger partial charge in [-0.25, -0.2) is 0 Å². The monoisotopic (exact) mass is 324 g/mol. The molecule has 21 heavy (non-hydrogen) atoms. The summed E-state index contributed by atoms with van der Waals surface area (Å²) in [6.07, 6.45) is 0. The van der Waals surface area contributed by atoms with Crippen LogP contribution in [0.1, 0.15) is 15.9 Å². The molecule has 110 valence electrons. The number of benzene rings is 2. The molecule has 0 N–H and O–H groups in total. The zero-order valence-electron chi connectivity index (χ0n) is 11.4. The van der Waals surface area contributed by atoms with Gasteiger partial charge in [0.25, 0.3) is 0 Å². The molecule has 0 aliphatic carbocycles. The molecular weight excluding hydrogens is 311 g/mol. The molecule has 0 amide bonds. The van der Waals surface area contributed by atoms with Crippen LogP contribution in [0.5, 0.6) is 5.75 Å². The SMILES string of the molecule is COc1ccc(COCC(=O)c2ccc(Cl)cc2Cl)cc1. The molecule has 0 atom stereocenters. The van der Waals surface area contributed by atoms with Crippen molar-refractivity contribution in [1.82, 2.24) is 0 Å². The highest BCUT2D eigenvalue weighted by Crippen LogP contribution is 2.21. The first-order valence-corrected chi connectivity index (χ1v) is 7.04. The maximum absolute atomic E-state index is 12.0. The number of carbonyl (C=O) groups excluding carboxylic acids is 1. The van der Waals surface area contributed by atoms with Crippen LogP contribution in [0.2, 0.25) is 10.0 Å². The second-order valence-electron chi connectivity index (χ2n) is 4.39. The molecule has 0 spiro atoms. The van der Waals surface area contributed by atoms with Gasteiger partial charge in [0.2, 0.25) is 0 Å². The van der Waals surface area contributed by atoms with Gasteiger partial charge in [-0.1, -0.05) is 35.3 Å². The second kappa shape index (κ2) is 7.46. The Balaban J connectivity index is 1.88. The standard InChI is InChI=1S/C16H14Cl2O3/c1-20-13-5-2-11(3-6-13)9-21-10-16(19)14-7-4-12(17)8-15(14)18/h2-8H,9-10H2,1H3. The average molecular weight is 325 g/mol. The number of carbonyl (C=O) groups is 1. The highest BCUT2D eigenvalue weighted by atomic mass is 35.5. The lowest BCUT2D eigenvalue weighted by Gasteiger charge is -2.06. The Morgan fingerprint density at radius 3 is 2.43 bits per heavy atom. The Hall–Kier alpha value is -1.55. The van der Waals surface area contributed by atoms with Crippen molar-refractivity contribution in [3.63, 3.8) is 0 Å². The minimum absolute atomic E-state index is 0.0343. The molecule has 2 aromatic carbocycles. The molecule has 0 bridgehead atoms. The van der Waals surface area contributed by atoms with Gasteiger partial charge in [0.15, 0.2) is 5.78 Å². The Bertz CT molecular complexity index is 624. The van der Waals surface area contributed by atoms with E-state index in [2.05, 4.69) is 0 Å². The summed E-state index contributed by atoms with van der Waals surface area (Å²) >= 11 is 11.8. The fraction of sp³-hybridized carbons (Fsp3) is 0.188. The van der Waals surface area contributed by atoms with Crippen LogP contribution in [0.3, 0.4) is 0 Å². The smallest absolute Gasteiger partial charge is 0.189 e. The third-order valence-corrected chi connectivity index (χ3v) is 3.44. The molecule has 0 saturated carbocycles. The summed E-state index contributed by atoms with van der Waals surface area (Å²) in [7, 11) is 1.61. The number of hydrogen-bond donors (Lipinski definition) is 0. The van der Waals surface area contributed by atoms with Crippen molar-refractivity contribution in [3.8, 4) is 5.75 Å². The van der Waals surface area contributed by atoms with Gasteiger partial charge in [-0.15, -0.1) is 0 Å². The van der Waals surface area contributed by atoms with Crippen molar-refractivity contribution in [2.45, 2.75) is 6.61 Å². The van der Waals surface area contributed by atoms with Crippen molar-refractivity contribution in [2.24, 2.45) is 0 Å². The van der Waals surface area contributed by atoms with Gasteiger partial charge in [-0.3, -0.25) is 4.79 Å². The lowest BCUT2D eigenvalue weighted by molar-refractivity contribution is 0.0726. The van der Waals surface area contributed by atoms with E-state index in [1.807, 2.05) is 24.3 Å². The Kier molecular flexibility index (Phi) is 5.62. The molecule has 2 rings (SSSR count). The van der Waals surface area contributed by atoms with Gasteiger partial charge < -0.3 is 9.47 Å². The Labute approximate surface area is 133 Å². The summed E-state index contributed by atoms with van der Waals surface area (Å²) < 4.78 is 10.5. The van der Waals surface area contributed by atoms with E-state index >= 15 is 0 Å². The molecular formula is C16H14Cl2O3. The maximum Gasteiger partial charge on any atom is 0.189 e. The molecule has 0 fully saturated rings. The fourth-order valence-electron chi connectivity index (χ4n) is 1.78. The summed E-state index contributed by atoms with van der Waals surface area (Å²) in [5, 5.41) is 0.830. The van der Waals surface area contributed by atoms with Crippen molar-refractivity contribution >= 4 is 29.0 Å². The lowest BCUT2D eigenvalue weighted by atomic mass is 10.1. The van der Waals surface area contributed by atoms with Crippen LogP contribution < -0.4 is 4.74 Å². The summed E-state index contributed by atoms with van der Waals surface area (Å²) in [5.41, 5.74) is 1.38. The largest absolute Gasteiger partial charge is 0.497 e. The average Bonchev–Trinajstić information content (AvgIpc) is 2.47. The minimum Gasteiger partial charge on any atom is -0.497 e. The normalized spacial score (nSPS) is 10.4. The molecule has 3 nitrogen and oxygen atoms in total. The zero-order valence-corrected chi connectivity index (χ0v) is 12.9. The summed E-state index contributed by atoms with van der Waals surface area (Å²) in [6.45, 7) is 0.314. The highest BCUT2D eigenvalue weighted by Gasteiger charge is 2.11. The number of methoxy groups -OCH3 is 1. The third-order valence-electron chi connectivity index (χ3n) is 2.89. The van der Waals surface area contributed by atoms with Gasteiger partial charge in [-0.2, -0.15) is 0 Å². The van der Waals surface area contributed by atoms with Gasteiger partial charge >= 0.3 is 0 Å². The maximum atomic E-state index is 12.0. The molecule has 0 unspecified atom stereocenters. The van der Waals surface area contributed by atoms with Gasteiger partial charge in [0, 0.05) is 10.6 Å².